The Balaban J connectivity index is 3.81. The molecule has 0 aliphatic rings. The highest BCUT2D eigenvalue weighted by molar-refractivity contribution is 4.73. The molecule has 0 aromatic carbocycles. The van der Waals surface area contributed by atoms with Crippen LogP contribution in [0.1, 0.15) is 73.1 Å². The van der Waals surface area contributed by atoms with E-state index in [1.165, 1.54) is 38.5 Å². The Kier molecular flexibility index (Phi) is 6.45. The topological polar surface area (TPSA) is 0 Å². The van der Waals surface area contributed by atoms with Crippen molar-refractivity contribution < 1.29 is 0 Å². The van der Waals surface area contributed by atoms with Gasteiger partial charge >= 0.3 is 0 Å². The first-order valence-electron chi connectivity index (χ1n) is 6.02. The molecule has 0 saturated heterocycles. The molecule has 0 aromatic rings. The number of hydrogen-bond acceptors (Lipinski definition) is 0. The van der Waals surface area contributed by atoms with Gasteiger partial charge < -0.3 is 0 Å². The van der Waals surface area contributed by atoms with Gasteiger partial charge in [-0.15, -0.1) is 0 Å². The molecule has 0 fully saturated rings. The Morgan fingerprint density at radius 3 is 1.85 bits per heavy atom. The van der Waals surface area contributed by atoms with Gasteiger partial charge in [0.1, 0.15) is 0 Å². The molecular weight excluding hydrogens is 156 g/mol. The predicted molar refractivity (Wildman–Crippen MR) is 62.0 cm³/mol. The zero-order valence-electron chi connectivity index (χ0n) is 10.3. The summed E-state index contributed by atoms with van der Waals surface area (Å²) < 4.78 is 0. The van der Waals surface area contributed by atoms with E-state index in [0.29, 0.717) is 5.41 Å². The number of hydrogen-bond donors (Lipinski definition) is 0. The summed E-state index contributed by atoms with van der Waals surface area (Å²) in [5.74, 6) is 0.934. The molecule has 0 rings (SSSR count). The van der Waals surface area contributed by atoms with Crippen molar-refractivity contribution in [1.82, 2.24) is 0 Å². The van der Waals surface area contributed by atoms with E-state index in [-0.39, 0.29) is 0 Å². The van der Waals surface area contributed by atoms with Gasteiger partial charge in [0, 0.05) is 0 Å². The van der Waals surface area contributed by atoms with Gasteiger partial charge in [-0.3, -0.25) is 0 Å². The van der Waals surface area contributed by atoms with Gasteiger partial charge in [-0.05, 0) is 17.8 Å². The van der Waals surface area contributed by atoms with Crippen LogP contribution in [0.15, 0.2) is 0 Å². The minimum Gasteiger partial charge on any atom is -0.0654 e. The molecule has 0 aliphatic heterocycles. The van der Waals surface area contributed by atoms with E-state index in [1.54, 1.807) is 0 Å². The van der Waals surface area contributed by atoms with Crippen LogP contribution in [-0.4, -0.2) is 0 Å². The van der Waals surface area contributed by atoms with Crippen LogP contribution < -0.4 is 0 Å². The van der Waals surface area contributed by atoms with Crippen molar-refractivity contribution in [2.75, 3.05) is 0 Å². The van der Waals surface area contributed by atoms with E-state index in [1.807, 2.05) is 0 Å². The van der Waals surface area contributed by atoms with Gasteiger partial charge in [-0.1, -0.05) is 66.7 Å². The second-order valence-corrected chi connectivity index (χ2v) is 5.35. The summed E-state index contributed by atoms with van der Waals surface area (Å²) in [4.78, 5) is 0. The maximum atomic E-state index is 2.39. The first-order valence-corrected chi connectivity index (χ1v) is 6.02. The third kappa shape index (κ3) is 6.12. The van der Waals surface area contributed by atoms with E-state index < -0.39 is 0 Å². The highest BCUT2D eigenvalue weighted by Gasteiger charge is 2.22. The summed E-state index contributed by atoms with van der Waals surface area (Å²) in [7, 11) is 0. The smallest absolute Gasteiger partial charge is 0.0354 e. The average Bonchev–Trinajstić information content (AvgIpc) is 2.01. The standard InChI is InChI=1S/C13H28/c1-6-8-9-11-12(10-7-2)13(3,4)5/h12H,6-11H2,1-5H3. The Hall–Kier alpha value is 0. The lowest BCUT2D eigenvalue weighted by Gasteiger charge is -2.30. The van der Waals surface area contributed by atoms with Crippen LogP contribution in [0.5, 0.6) is 0 Å². The molecule has 0 heteroatoms. The fourth-order valence-corrected chi connectivity index (χ4v) is 2.00. The highest BCUT2D eigenvalue weighted by atomic mass is 14.3. The van der Waals surface area contributed by atoms with Gasteiger partial charge in [0.25, 0.3) is 0 Å². The molecule has 0 N–H and O–H groups in total. The summed E-state index contributed by atoms with van der Waals surface area (Å²) in [6, 6.07) is 0. The minimum atomic E-state index is 0.518. The molecule has 13 heavy (non-hydrogen) atoms. The zero-order valence-corrected chi connectivity index (χ0v) is 10.3. The highest BCUT2D eigenvalue weighted by Crippen LogP contribution is 2.33. The second kappa shape index (κ2) is 6.45. The Morgan fingerprint density at radius 1 is 0.846 bits per heavy atom. The Labute approximate surface area is 85.1 Å². The van der Waals surface area contributed by atoms with E-state index in [2.05, 4.69) is 34.6 Å². The van der Waals surface area contributed by atoms with E-state index >= 15 is 0 Å². The van der Waals surface area contributed by atoms with Gasteiger partial charge in [0.2, 0.25) is 0 Å². The summed E-state index contributed by atoms with van der Waals surface area (Å²) in [6.45, 7) is 11.8. The van der Waals surface area contributed by atoms with E-state index in [0.717, 1.165) is 5.92 Å². The molecule has 0 amide bonds. The van der Waals surface area contributed by atoms with Crippen molar-refractivity contribution in [3.8, 4) is 0 Å². The van der Waals surface area contributed by atoms with Crippen molar-refractivity contribution >= 4 is 0 Å². The zero-order chi connectivity index (χ0) is 10.3. The van der Waals surface area contributed by atoms with E-state index in [9.17, 15) is 0 Å². The van der Waals surface area contributed by atoms with Crippen molar-refractivity contribution in [2.24, 2.45) is 11.3 Å². The fourth-order valence-electron chi connectivity index (χ4n) is 2.00. The molecular formula is C13H28. The van der Waals surface area contributed by atoms with Crippen molar-refractivity contribution in [1.29, 1.82) is 0 Å². The molecule has 0 radical (unpaired) electrons. The first-order chi connectivity index (χ1) is 6.02. The molecule has 1 atom stereocenters. The lowest BCUT2D eigenvalue weighted by molar-refractivity contribution is 0.205. The van der Waals surface area contributed by atoms with Gasteiger partial charge in [-0.25, -0.2) is 0 Å². The molecule has 0 nitrogen and oxygen atoms in total. The molecule has 80 valence electrons. The Bertz CT molecular complexity index is 108. The third-order valence-electron chi connectivity index (χ3n) is 3.02. The van der Waals surface area contributed by atoms with Crippen LogP contribution in [0.3, 0.4) is 0 Å². The second-order valence-electron chi connectivity index (χ2n) is 5.35. The van der Waals surface area contributed by atoms with Crippen LogP contribution in [-0.2, 0) is 0 Å². The van der Waals surface area contributed by atoms with Crippen molar-refractivity contribution in [2.45, 2.75) is 73.1 Å². The summed E-state index contributed by atoms with van der Waals surface area (Å²) in [5.41, 5.74) is 0.518. The van der Waals surface area contributed by atoms with Gasteiger partial charge in [0.15, 0.2) is 0 Å². The molecule has 0 aliphatic carbocycles. The monoisotopic (exact) mass is 184 g/mol. The lowest BCUT2D eigenvalue weighted by atomic mass is 9.75. The van der Waals surface area contributed by atoms with Crippen LogP contribution >= 0.6 is 0 Å². The maximum Gasteiger partial charge on any atom is -0.0354 e. The van der Waals surface area contributed by atoms with Gasteiger partial charge in [-0.2, -0.15) is 0 Å². The Morgan fingerprint density at radius 2 is 1.46 bits per heavy atom. The quantitative estimate of drug-likeness (QED) is 0.508. The summed E-state index contributed by atoms with van der Waals surface area (Å²) in [6.07, 6.45) is 8.38. The van der Waals surface area contributed by atoms with Crippen molar-refractivity contribution in [3.05, 3.63) is 0 Å². The summed E-state index contributed by atoms with van der Waals surface area (Å²) >= 11 is 0. The molecule has 0 spiro atoms. The number of rotatable bonds is 6. The summed E-state index contributed by atoms with van der Waals surface area (Å²) in [5, 5.41) is 0. The maximum absolute atomic E-state index is 2.39. The van der Waals surface area contributed by atoms with Crippen LogP contribution in [0, 0.1) is 11.3 Å². The van der Waals surface area contributed by atoms with Crippen LogP contribution in [0.4, 0.5) is 0 Å². The molecule has 0 heterocycles. The minimum absolute atomic E-state index is 0.518. The molecule has 0 bridgehead atoms. The largest absolute Gasteiger partial charge is 0.0654 e. The SMILES string of the molecule is CCCCCC(CCC)C(C)(C)C. The number of unbranched alkanes of at least 4 members (excludes halogenated alkanes) is 2. The molecule has 0 aromatic heterocycles. The molecule has 1 unspecified atom stereocenters. The van der Waals surface area contributed by atoms with E-state index in [4.69, 9.17) is 0 Å². The van der Waals surface area contributed by atoms with Crippen LogP contribution in [0.2, 0.25) is 0 Å². The fraction of sp³-hybridized carbons (Fsp3) is 1.00. The normalized spacial score (nSPS) is 14.5. The van der Waals surface area contributed by atoms with Crippen molar-refractivity contribution in [3.63, 3.8) is 0 Å². The lowest BCUT2D eigenvalue weighted by Crippen LogP contribution is -2.20. The van der Waals surface area contributed by atoms with Gasteiger partial charge in [0.05, 0.1) is 0 Å². The third-order valence-corrected chi connectivity index (χ3v) is 3.02. The predicted octanol–water partition coefficient (Wildman–Crippen LogP) is 5.03. The first kappa shape index (κ1) is 13.0. The average molecular weight is 184 g/mol. The molecule has 0 saturated carbocycles. The van der Waals surface area contributed by atoms with Crippen LogP contribution in [0.25, 0.3) is 0 Å².